The number of ether oxygens (including phenoxy) is 4. The van der Waals surface area contributed by atoms with Crippen LogP contribution in [0.15, 0.2) is 0 Å². The average Bonchev–Trinajstić information content (AvgIpc) is 3.09. The van der Waals surface area contributed by atoms with Gasteiger partial charge in [-0.15, -0.1) is 0 Å². The molecule has 0 saturated carbocycles. The lowest BCUT2D eigenvalue weighted by Crippen LogP contribution is -2.54. The number of hydrogen-bond donors (Lipinski definition) is 6. The molecule has 0 bridgehead atoms. The van der Waals surface area contributed by atoms with Crippen LogP contribution in [0.3, 0.4) is 0 Å². The second-order valence-corrected chi connectivity index (χ2v) is 9.65. The zero-order chi connectivity index (χ0) is 27.1. The highest BCUT2D eigenvalue weighted by molar-refractivity contribution is 5.69. The summed E-state index contributed by atoms with van der Waals surface area (Å²) >= 11 is 0. The minimum Gasteiger partial charge on any atom is -0.463 e. The van der Waals surface area contributed by atoms with Gasteiger partial charge in [-0.1, -0.05) is 58.3 Å². The average molecular weight is 525 g/mol. The monoisotopic (exact) mass is 524 g/mol. The van der Waals surface area contributed by atoms with Crippen molar-refractivity contribution in [3.63, 3.8) is 0 Å². The number of carbonyl (C=O) groups excluding carboxylic acids is 1. The van der Waals surface area contributed by atoms with Crippen molar-refractivity contribution < 1.29 is 54.4 Å². The van der Waals surface area contributed by atoms with Crippen molar-refractivity contribution in [1.29, 1.82) is 0 Å². The van der Waals surface area contributed by atoms with Crippen LogP contribution in [0.5, 0.6) is 0 Å². The molecule has 11 heteroatoms. The molecule has 0 aromatic carbocycles. The molecule has 1 rings (SSSR count). The van der Waals surface area contributed by atoms with E-state index in [0.29, 0.717) is 6.42 Å². The van der Waals surface area contributed by atoms with Gasteiger partial charge in [-0.05, 0) is 20.3 Å². The standard InChI is InChI=1S/C25H48O11/c1-4-5-6-7-8-9-10-11-12-13-21(30)33-15-20(17(2)28)34-24(18(3)29)36-25(16-27)23(32)22(31)19(14-26)35-25/h17-20,22-24,26-29,31-32H,4-16H2,1-3H3/t17?,18-,19?,20-,22-,23?,24?,25?/m1/s1. The minimum absolute atomic E-state index is 0.243. The lowest BCUT2D eigenvalue weighted by atomic mass is 10.1. The maximum absolute atomic E-state index is 12.1. The van der Waals surface area contributed by atoms with Gasteiger partial charge in [-0.2, -0.15) is 0 Å². The number of unbranched alkanes of at least 4 members (excludes halogenated alkanes) is 8. The summed E-state index contributed by atoms with van der Waals surface area (Å²) in [6.07, 6.45) is 0.749. The van der Waals surface area contributed by atoms with Crippen LogP contribution in [-0.4, -0.2) is 105 Å². The largest absolute Gasteiger partial charge is 0.463 e. The highest BCUT2D eigenvalue weighted by atomic mass is 16.8. The first-order valence-corrected chi connectivity index (χ1v) is 13.2. The quantitative estimate of drug-likeness (QED) is 0.0752. The molecular formula is C25H48O11. The Kier molecular flexibility index (Phi) is 16.2. The van der Waals surface area contributed by atoms with E-state index in [4.69, 9.17) is 18.9 Å². The van der Waals surface area contributed by atoms with Gasteiger partial charge in [-0.3, -0.25) is 4.79 Å². The van der Waals surface area contributed by atoms with Crippen molar-refractivity contribution in [1.82, 2.24) is 0 Å². The van der Waals surface area contributed by atoms with E-state index in [1.807, 2.05) is 0 Å². The van der Waals surface area contributed by atoms with Crippen LogP contribution in [0.2, 0.25) is 0 Å². The van der Waals surface area contributed by atoms with Crippen LogP contribution in [0.1, 0.15) is 85.0 Å². The summed E-state index contributed by atoms with van der Waals surface area (Å²) < 4.78 is 21.7. The minimum atomic E-state index is -2.18. The first kappa shape index (κ1) is 33.1. The molecule has 214 valence electrons. The van der Waals surface area contributed by atoms with E-state index in [2.05, 4.69) is 6.92 Å². The van der Waals surface area contributed by atoms with Crippen molar-refractivity contribution >= 4 is 5.97 Å². The van der Waals surface area contributed by atoms with Crippen LogP contribution in [-0.2, 0) is 23.7 Å². The molecule has 0 aliphatic carbocycles. The van der Waals surface area contributed by atoms with Crippen molar-refractivity contribution in [2.24, 2.45) is 0 Å². The Balaban J connectivity index is 2.52. The van der Waals surface area contributed by atoms with Crippen LogP contribution < -0.4 is 0 Å². The fourth-order valence-electron chi connectivity index (χ4n) is 4.00. The number of esters is 1. The first-order chi connectivity index (χ1) is 17.1. The molecule has 0 amide bonds. The highest BCUT2D eigenvalue weighted by Gasteiger charge is 2.56. The Hall–Kier alpha value is -0.890. The van der Waals surface area contributed by atoms with Gasteiger partial charge >= 0.3 is 5.97 Å². The van der Waals surface area contributed by atoms with E-state index < -0.39 is 67.9 Å². The molecule has 36 heavy (non-hydrogen) atoms. The second kappa shape index (κ2) is 17.6. The first-order valence-electron chi connectivity index (χ1n) is 13.2. The zero-order valence-corrected chi connectivity index (χ0v) is 22.0. The molecular weight excluding hydrogens is 476 g/mol. The molecule has 0 spiro atoms. The van der Waals surface area contributed by atoms with Gasteiger partial charge in [0.05, 0.1) is 12.7 Å². The summed E-state index contributed by atoms with van der Waals surface area (Å²) in [5.41, 5.74) is 0. The van der Waals surface area contributed by atoms with Gasteiger partial charge in [0.2, 0.25) is 5.79 Å². The fraction of sp³-hybridized carbons (Fsp3) is 0.960. The molecule has 1 aliphatic heterocycles. The van der Waals surface area contributed by atoms with Crippen LogP contribution in [0, 0.1) is 0 Å². The van der Waals surface area contributed by atoms with E-state index in [-0.39, 0.29) is 13.0 Å². The Morgan fingerprint density at radius 3 is 2.00 bits per heavy atom. The lowest BCUT2D eigenvalue weighted by Gasteiger charge is -2.36. The molecule has 11 nitrogen and oxygen atoms in total. The number of rotatable bonds is 20. The van der Waals surface area contributed by atoms with E-state index in [1.165, 1.54) is 46.0 Å². The predicted octanol–water partition coefficient (Wildman–Crippen LogP) is 0.742. The Bertz CT molecular complexity index is 588. The molecule has 5 unspecified atom stereocenters. The van der Waals surface area contributed by atoms with Gasteiger partial charge in [0.25, 0.3) is 0 Å². The molecule has 1 fully saturated rings. The van der Waals surface area contributed by atoms with Crippen molar-refractivity contribution in [2.75, 3.05) is 19.8 Å². The fourth-order valence-corrected chi connectivity index (χ4v) is 4.00. The third kappa shape index (κ3) is 10.8. The third-order valence-corrected chi connectivity index (χ3v) is 6.36. The molecule has 8 atom stereocenters. The number of carbonyl (C=O) groups is 1. The Labute approximate surface area is 214 Å². The molecule has 1 saturated heterocycles. The summed E-state index contributed by atoms with van der Waals surface area (Å²) in [5.74, 6) is -2.61. The summed E-state index contributed by atoms with van der Waals surface area (Å²) in [7, 11) is 0. The van der Waals surface area contributed by atoms with Gasteiger partial charge in [-0.25, -0.2) is 0 Å². The highest BCUT2D eigenvalue weighted by Crippen LogP contribution is 2.34. The molecule has 1 heterocycles. The van der Waals surface area contributed by atoms with Crippen molar-refractivity contribution in [3.8, 4) is 0 Å². The van der Waals surface area contributed by atoms with Gasteiger partial charge in [0, 0.05) is 6.42 Å². The Morgan fingerprint density at radius 1 is 0.944 bits per heavy atom. The maximum Gasteiger partial charge on any atom is 0.305 e. The summed E-state index contributed by atoms with van der Waals surface area (Å²) in [4.78, 5) is 12.1. The summed E-state index contributed by atoms with van der Waals surface area (Å²) in [5, 5.41) is 59.7. The van der Waals surface area contributed by atoms with Gasteiger partial charge < -0.3 is 49.6 Å². The summed E-state index contributed by atoms with van der Waals surface area (Å²) in [6, 6.07) is 0. The topological polar surface area (TPSA) is 175 Å². The van der Waals surface area contributed by atoms with Gasteiger partial charge in [0.15, 0.2) is 6.29 Å². The second-order valence-electron chi connectivity index (χ2n) is 9.65. The zero-order valence-electron chi connectivity index (χ0n) is 22.0. The van der Waals surface area contributed by atoms with Crippen LogP contribution >= 0.6 is 0 Å². The van der Waals surface area contributed by atoms with Crippen molar-refractivity contribution in [3.05, 3.63) is 0 Å². The SMILES string of the molecule is CCCCCCCCCCCC(=O)OC[C@@H](OC(OC1(CO)OC(CO)[C@@H](O)C1O)[C@@H](C)O)C(C)O. The molecule has 0 radical (unpaired) electrons. The molecule has 0 aromatic rings. The van der Waals surface area contributed by atoms with E-state index >= 15 is 0 Å². The predicted molar refractivity (Wildman–Crippen MR) is 130 cm³/mol. The Morgan fingerprint density at radius 2 is 1.53 bits per heavy atom. The molecule has 6 N–H and O–H groups in total. The van der Waals surface area contributed by atoms with E-state index in [1.54, 1.807) is 0 Å². The van der Waals surface area contributed by atoms with E-state index in [9.17, 15) is 35.4 Å². The molecule has 0 aromatic heterocycles. The van der Waals surface area contributed by atoms with Crippen LogP contribution in [0.25, 0.3) is 0 Å². The van der Waals surface area contributed by atoms with E-state index in [0.717, 1.165) is 19.3 Å². The smallest absolute Gasteiger partial charge is 0.305 e. The number of hydrogen-bond acceptors (Lipinski definition) is 11. The maximum atomic E-state index is 12.1. The number of aliphatic hydroxyl groups is 6. The normalized spacial score (nSPS) is 27.5. The van der Waals surface area contributed by atoms with Crippen molar-refractivity contribution in [2.45, 2.75) is 134 Å². The molecule has 1 aliphatic rings. The third-order valence-electron chi connectivity index (χ3n) is 6.36. The van der Waals surface area contributed by atoms with Gasteiger partial charge in [0.1, 0.15) is 43.7 Å². The lowest BCUT2D eigenvalue weighted by molar-refractivity contribution is -0.358. The summed E-state index contributed by atoms with van der Waals surface area (Å²) in [6.45, 7) is 3.04. The van der Waals surface area contributed by atoms with Crippen LogP contribution in [0.4, 0.5) is 0 Å². The number of aliphatic hydroxyl groups excluding tert-OH is 6.